The standard InChI is InChI=1S/C19H14O3/c1-22-19(21)18-12-9-15(10-13-18)8-11-17-6-3-2-5-16(17)7-4-14-20/h2-3,5-6,9-10,12-13,20H,14H2,1H3. The summed E-state index contributed by atoms with van der Waals surface area (Å²) in [5.74, 6) is 11.2. The van der Waals surface area contributed by atoms with Gasteiger partial charge < -0.3 is 9.84 Å². The molecule has 0 aliphatic carbocycles. The number of rotatable bonds is 1. The molecule has 0 spiro atoms. The summed E-state index contributed by atoms with van der Waals surface area (Å²) in [7, 11) is 1.35. The summed E-state index contributed by atoms with van der Waals surface area (Å²) in [6, 6.07) is 14.4. The van der Waals surface area contributed by atoms with E-state index in [2.05, 4.69) is 28.4 Å². The maximum Gasteiger partial charge on any atom is 0.337 e. The highest BCUT2D eigenvalue weighted by atomic mass is 16.5. The average molecular weight is 290 g/mol. The summed E-state index contributed by atoms with van der Waals surface area (Å²) < 4.78 is 4.65. The summed E-state index contributed by atoms with van der Waals surface area (Å²) in [5.41, 5.74) is 2.84. The Hall–Kier alpha value is -3.01. The molecular formula is C19H14O3. The number of carbonyl (C=O) groups excluding carboxylic acids is 1. The lowest BCUT2D eigenvalue weighted by Gasteiger charge is -1.98. The van der Waals surface area contributed by atoms with Crippen molar-refractivity contribution in [3.63, 3.8) is 0 Å². The Morgan fingerprint density at radius 2 is 1.64 bits per heavy atom. The minimum atomic E-state index is -0.371. The SMILES string of the molecule is COC(=O)c1ccc(C#Cc2ccccc2C#CCO)cc1. The minimum Gasteiger partial charge on any atom is -0.465 e. The van der Waals surface area contributed by atoms with Crippen molar-refractivity contribution in [3.8, 4) is 23.7 Å². The van der Waals surface area contributed by atoms with E-state index >= 15 is 0 Å². The van der Waals surface area contributed by atoms with Gasteiger partial charge in [-0.1, -0.05) is 35.8 Å². The number of aliphatic hydroxyl groups is 1. The third-order valence-corrected chi connectivity index (χ3v) is 2.88. The van der Waals surface area contributed by atoms with Crippen LogP contribution in [0.1, 0.15) is 27.0 Å². The zero-order valence-corrected chi connectivity index (χ0v) is 12.1. The Morgan fingerprint density at radius 1 is 1.00 bits per heavy atom. The number of aliphatic hydroxyl groups excluding tert-OH is 1. The average Bonchev–Trinajstić information content (AvgIpc) is 2.58. The molecule has 0 fully saturated rings. The zero-order valence-electron chi connectivity index (χ0n) is 12.1. The van der Waals surface area contributed by atoms with Gasteiger partial charge in [0.25, 0.3) is 0 Å². The van der Waals surface area contributed by atoms with E-state index in [4.69, 9.17) is 5.11 Å². The van der Waals surface area contributed by atoms with Crippen LogP contribution in [0.25, 0.3) is 0 Å². The number of methoxy groups -OCH3 is 1. The van der Waals surface area contributed by atoms with E-state index in [0.717, 1.165) is 16.7 Å². The van der Waals surface area contributed by atoms with E-state index < -0.39 is 0 Å². The molecule has 0 aliphatic rings. The molecular weight excluding hydrogens is 276 g/mol. The molecule has 0 atom stereocenters. The fourth-order valence-electron chi connectivity index (χ4n) is 1.78. The summed E-state index contributed by atoms with van der Waals surface area (Å²) in [4.78, 5) is 11.4. The molecule has 0 heterocycles. The van der Waals surface area contributed by atoms with Gasteiger partial charge in [-0.05, 0) is 36.4 Å². The normalized spacial score (nSPS) is 9.00. The van der Waals surface area contributed by atoms with Crippen molar-refractivity contribution >= 4 is 5.97 Å². The highest BCUT2D eigenvalue weighted by Crippen LogP contribution is 2.08. The van der Waals surface area contributed by atoms with Gasteiger partial charge in [0.05, 0.1) is 12.7 Å². The van der Waals surface area contributed by atoms with Gasteiger partial charge in [-0.3, -0.25) is 0 Å². The highest BCUT2D eigenvalue weighted by Gasteiger charge is 2.03. The predicted octanol–water partition coefficient (Wildman–Crippen LogP) is 2.22. The Bertz CT molecular complexity index is 781. The zero-order chi connectivity index (χ0) is 15.8. The number of esters is 1. The molecule has 0 amide bonds. The molecule has 0 bridgehead atoms. The quantitative estimate of drug-likeness (QED) is 0.647. The maximum absolute atomic E-state index is 11.4. The van der Waals surface area contributed by atoms with Crippen LogP contribution in [0.15, 0.2) is 48.5 Å². The van der Waals surface area contributed by atoms with Crippen molar-refractivity contribution in [2.45, 2.75) is 0 Å². The van der Waals surface area contributed by atoms with Gasteiger partial charge in [0.1, 0.15) is 6.61 Å². The monoisotopic (exact) mass is 290 g/mol. The fraction of sp³-hybridized carbons (Fsp3) is 0.105. The Labute approximate surface area is 129 Å². The number of benzene rings is 2. The molecule has 2 aromatic carbocycles. The van der Waals surface area contributed by atoms with Crippen LogP contribution in [-0.2, 0) is 4.74 Å². The van der Waals surface area contributed by atoms with Crippen molar-refractivity contribution in [1.82, 2.24) is 0 Å². The van der Waals surface area contributed by atoms with Crippen LogP contribution < -0.4 is 0 Å². The summed E-state index contributed by atoms with van der Waals surface area (Å²) >= 11 is 0. The Balaban J connectivity index is 2.25. The van der Waals surface area contributed by atoms with E-state index in [-0.39, 0.29) is 12.6 Å². The highest BCUT2D eigenvalue weighted by molar-refractivity contribution is 5.89. The maximum atomic E-state index is 11.4. The molecule has 0 saturated heterocycles. The number of carbonyl (C=O) groups is 1. The third-order valence-electron chi connectivity index (χ3n) is 2.88. The number of hydrogen-bond acceptors (Lipinski definition) is 3. The molecule has 2 rings (SSSR count). The van der Waals surface area contributed by atoms with Gasteiger partial charge in [-0.25, -0.2) is 4.79 Å². The molecule has 22 heavy (non-hydrogen) atoms. The first-order valence-corrected chi connectivity index (χ1v) is 6.63. The topological polar surface area (TPSA) is 46.5 Å². The van der Waals surface area contributed by atoms with Crippen LogP contribution in [0.5, 0.6) is 0 Å². The van der Waals surface area contributed by atoms with E-state index in [1.807, 2.05) is 24.3 Å². The number of hydrogen-bond donors (Lipinski definition) is 1. The van der Waals surface area contributed by atoms with Crippen LogP contribution in [0.2, 0.25) is 0 Å². The molecule has 108 valence electrons. The van der Waals surface area contributed by atoms with Crippen LogP contribution in [-0.4, -0.2) is 24.8 Å². The Morgan fingerprint density at radius 3 is 2.23 bits per heavy atom. The van der Waals surface area contributed by atoms with Crippen LogP contribution in [0.4, 0.5) is 0 Å². The summed E-state index contributed by atoms with van der Waals surface area (Å²) in [6.45, 7) is -0.184. The third kappa shape index (κ3) is 3.99. The van der Waals surface area contributed by atoms with Gasteiger partial charge in [0.15, 0.2) is 0 Å². The lowest BCUT2D eigenvalue weighted by Crippen LogP contribution is -2.00. The molecule has 0 saturated carbocycles. The van der Waals surface area contributed by atoms with Gasteiger partial charge in [-0.15, -0.1) is 0 Å². The predicted molar refractivity (Wildman–Crippen MR) is 84.2 cm³/mol. The lowest BCUT2D eigenvalue weighted by molar-refractivity contribution is 0.0600. The van der Waals surface area contributed by atoms with Crippen molar-refractivity contribution in [3.05, 3.63) is 70.8 Å². The largest absolute Gasteiger partial charge is 0.465 e. The molecule has 1 N–H and O–H groups in total. The first-order chi connectivity index (χ1) is 10.7. The van der Waals surface area contributed by atoms with Gasteiger partial charge in [0.2, 0.25) is 0 Å². The number of ether oxygens (including phenoxy) is 1. The molecule has 3 nitrogen and oxygen atoms in total. The second-order valence-corrected chi connectivity index (χ2v) is 4.32. The van der Waals surface area contributed by atoms with Crippen molar-refractivity contribution < 1.29 is 14.6 Å². The summed E-state index contributed by atoms with van der Waals surface area (Å²) in [6.07, 6.45) is 0. The molecule has 0 aromatic heterocycles. The first-order valence-electron chi connectivity index (χ1n) is 6.63. The second kappa shape index (κ2) is 7.69. The van der Waals surface area contributed by atoms with Crippen LogP contribution in [0, 0.1) is 23.7 Å². The van der Waals surface area contributed by atoms with E-state index in [0.29, 0.717) is 5.56 Å². The molecule has 3 heteroatoms. The van der Waals surface area contributed by atoms with Crippen LogP contribution >= 0.6 is 0 Å². The van der Waals surface area contributed by atoms with Crippen LogP contribution in [0.3, 0.4) is 0 Å². The van der Waals surface area contributed by atoms with Gasteiger partial charge in [-0.2, -0.15) is 0 Å². The van der Waals surface area contributed by atoms with E-state index in [1.54, 1.807) is 24.3 Å². The van der Waals surface area contributed by atoms with Gasteiger partial charge in [0, 0.05) is 16.7 Å². The fourth-order valence-corrected chi connectivity index (χ4v) is 1.78. The van der Waals surface area contributed by atoms with E-state index in [9.17, 15) is 4.79 Å². The Kier molecular flexibility index (Phi) is 5.37. The van der Waals surface area contributed by atoms with Crippen molar-refractivity contribution in [1.29, 1.82) is 0 Å². The first kappa shape index (κ1) is 15.4. The smallest absolute Gasteiger partial charge is 0.337 e. The lowest BCUT2D eigenvalue weighted by atomic mass is 10.1. The second-order valence-electron chi connectivity index (χ2n) is 4.32. The van der Waals surface area contributed by atoms with Gasteiger partial charge >= 0.3 is 5.97 Å². The molecule has 2 aromatic rings. The molecule has 0 unspecified atom stereocenters. The van der Waals surface area contributed by atoms with Crippen molar-refractivity contribution in [2.24, 2.45) is 0 Å². The molecule has 0 radical (unpaired) electrons. The summed E-state index contributed by atoms with van der Waals surface area (Å²) in [5, 5.41) is 8.77. The minimum absolute atomic E-state index is 0.184. The molecule has 0 aliphatic heterocycles. The van der Waals surface area contributed by atoms with E-state index in [1.165, 1.54) is 7.11 Å². The van der Waals surface area contributed by atoms with Crippen molar-refractivity contribution in [2.75, 3.05) is 13.7 Å².